The zero-order valence-electron chi connectivity index (χ0n) is 20.6. The molecule has 0 aliphatic carbocycles. The molecule has 5 aromatic carbocycles. The number of hydrogen-bond acceptors (Lipinski definition) is 4. The highest BCUT2D eigenvalue weighted by Crippen LogP contribution is 2.38. The average Bonchev–Trinajstić information content (AvgIpc) is 3.33. The summed E-state index contributed by atoms with van der Waals surface area (Å²) in [6.45, 7) is 0. The van der Waals surface area contributed by atoms with E-state index in [4.69, 9.17) is 0 Å². The molecule has 39 heavy (non-hydrogen) atoms. The molecule has 0 aliphatic rings. The van der Waals surface area contributed by atoms with Gasteiger partial charge in [0.1, 0.15) is 0 Å². The molecule has 5 nitrogen and oxygen atoms in total. The number of nitriles is 4. The number of rotatable bonds is 3. The molecule has 1 heterocycles. The Hall–Kier alpha value is -6.14. The SMILES string of the molecule is N#Cc1ccc(-c2ccc3c(c2)c2cc(-c4ccc(C#N)cc4C#N)ccc2n3-c2ccccc2)c(C#N)c1. The van der Waals surface area contributed by atoms with Gasteiger partial charge in [0.15, 0.2) is 0 Å². The van der Waals surface area contributed by atoms with E-state index in [0.29, 0.717) is 22.3 Å². The van der Waals surface area contributed by atoms with Crippen molar-refractivity contribution in [2.45, 2.75) is 0 Å². The van der Waals surface area contributed by atoms with Crippen LogP contribution in [0.3, 0.4) is 0 Å². The van der Waals surface area contributed by atoms with Gasteiger partial charge in [-0.15, -0.1) is 0 Å². The van der Waals surface area contributed by atoms with Gasteiger partial charge in [0.05, 0.1) is 57.6 Å². The second-order valence-electron chi connectivity index (χ2n) is 9.10. The van der Waals surface area contributed by atoms with E-state index in [1.165, 1.54) is 0 Å². The van der Waals surface area contributed by atoms with Crippen LogP contribution in [0.15, 0.2) is 103 Å². The van der Waals surface area contributed by atoms with Crippen molar-refractivity contribution in [1.82, 2.24) is 4.57 Å². The number of hydrogen-bond donors (Lipinski definition) is 0. The van der Waals surface area contributed by atoms with Crippen molar-refractivity contribution in [2.24, 2.45) is 0 Å². The van der Waals surface area contributed by atoms with Gasteiger partial charge in [-0.2, -0.15) is 21.0 Å². The molecule has 1 aromatic heterocycles. The Kier molecular flexibility index (Phi) is 5.60. The Morgan fingerprint density at radius 3 is 1.38 bits per heavy atom. The van der Waals surface area contributed by atoms with Gasteiger partial charge in [0.2, 0.25) is 0 Å². The summed E-state index contributed by atoms with van der Waals surface area (Å²) in [5, 5.41) is 40.1. The van der Waals surface area contributed by atoms with E-state index in [1.54, 1.807) is 24.3 Å². The molecule has 0 amide bonds. The largest absolute Gasteiger partial charge is 0.309 e. The van der Waals surface area contributed by atoms with Crippen molar-refractivity contribution >= 4 is 21.8 Å². The lowest BCUT2D eigenvalue weighted by atomic mass is 9.95. The summed E-state index contributed by atoms with van der Waals surface area (Å²) < 4.78 is 2.20. The number of fused-ring (bicyclic) bond motifs is 3. The zero-order valence-corrected chi connectivity index (χ0v) is 20.6. The predicted molar refractivity (Wildman–Crippen MR) is 151 cm³/mol. The molecule has 0 spiro atoms. The topological polar surface area (TPSA) is 100 Å². The lowest BCUT2D eigenvalue weighted by Gasteiger charge is -2.09. The third-order valence-corrected chi connectivity index (χ3v) is 6.94. The Morgan fingerprint density at radius 1 is 0.462 bits per heavy atom. The maximum Gasteiger partial charge on any atom is 0.0998 e. The Balaban J connectivity index is 1.65. The van der Waals surface area contributed by atoms with Crippen LogP contribution in [-0.2, 0) is 0 Å². The molecule has 0 radical (unpaired) electrons. The predicted octanol–water partition coefficient (Wildman–Crippen LogP) is 7.60. The minimum Gasteiger partial charge on any atom is -0.309 e. The quantitative estimate of drug-likeness (QED) is 0.252. The molecule has 178 valence electrons. The summed E-state index contributed by atoms with van der Waals surface area (Å²) in [6, 6.07) is 41.3. The summed E-state index contributed by atoms with van der Waals surface area (Å²) in [6.07, 6.45) is 0. The summed E-state index contributed by atoms with van der Waals surface area (Å²) in [4.78, 5) is 0. The highest BCUT2D eigenvalue weighted by molar-refractivity contribution is 6.11. The van der Waals surface area contributed by atoms with Crippen LogP contribution in [0.5, 0.6) is 0 Å². The molecular formula is C34H17N5. The first kappa shape index (κ1) is 23.3. The van der Waals surface area contributed by atoms with Gasteiger partial charge < -0.3 is 4.57 Å². The smallest absolute Gasteiger partial charge is 0.0998 e. The van der Waals surface area contributed by atoms with Crippen LogP contribution < -0.4 is 0 Å². The minimum absolute atomic E-state index is 0.442. The van der Waals surface area contributed by atoms with E-state index in [2.05, 4.69) is 65.2 Å². The number of benzene rings is 5. The summed E-state index contributed by atoms with van der Waals surface area (Å²) in [5.74, 6) is 0. The molecular weight excluding hydrogens is 478 g/mol. The van der Waals surface area contributed by atoms with Gasteiger partial charge in [0, 0.05) is 16.5 Å². The first-order chi connectivity index (χ1) is 19.1. The van der Waals surface area contributed by atoms with Crippen LogP contribution in [0.4, 0.5) is 0 Å². The Labute approximate surface area is 224 Å². The number of aromatic nitrogens is 1. The highest BCUT2D eigenvalue weighted by atomic mass is 15.0. The molecule has 0 saturated carbocycles. The maximum absolute atomic E-state index is 9.78. The van der Waals surface area contributed by atoms with E-state index in [0.717, 1.165) is 49.7 Å². The van der Waals surface area contributed by atoms with E-state index < -0.39 is 0 Å². The molecule has 5 heteroatoms. The monoisotopic (exact) mass is 495 g/mol. The zero-order chi connectivity index (χ0) is 26.9. The molecule has 0 fully saturated rings. The Morgan fingerprint density at radius 2 is 0.949 bits per heavy atom. The molecule has 0 unspecified atom stereocenters. The lowest BCUT2D eigenvalue weighted by molar-refractivity contribution is 1.18. The third kappa shape index (κ3) is 3.85. The van der Waals surface area contributed by atoms with Gasteiger partial charge in [-0.05, 0) is 82.9 Å². The van der Waals surface area contributed by atoms with Gasteiger partial charge in [-0.1, -0.05) is 42.5 Å². The Bertz CT molecular complexity index is 1970. The van der Waals surface area contributed by atoms with E-state index in [1.807, 2.05) is 42.5 Å². The number of para-hydroxylation sites is 1. The van der Waals surface area contributed by atoms with Gasteiger partial charge in [0.25, 0.3) is 0 Å². The van der Waals surface area contributed by atoms with Crippen molar-refractivity contribution in [3.8, 4) is 52.2 Å². The highest BCUT2D eigenvalue weighted by Gasteiger charge is 2.16. The fraction of sp³-hybridized carbons (Fsp3) is 0. The normalized spacial score (nSPS) is 10.5. The summed E-state index contributed by atoms with van der Waals surface area (Å²) in [5.41, 5.74) is 8.06. The molecule has 6 rings (SSSR count). The fourth-order valence-corrected chi connectivity index (χ4v) is 5.13. The van der Waals surface area contributed by atoms with Crippen molar-refractivity contribution in [3.63, 3.8) is 0 Å². The molecule has 0 saturated heterocycles. The molecule has 0 N–H and O–H groups in total. The summed E-state index contributed by atoms with van der Waals surface area (Å²) >= 11 is 0. The van der Waals surface area contributed by atoms with Crippen LogP contribution in [0, 0.1) is 45.3 Å². The van der Waals surface area contributed by atoms with Gasteiger partial charge >= 0.3 is 0 Å². The van der Waals surface area contributed by atoms with Crippen LogP contribution >= 0.6 is 0 Å². The average molecular weight is 496 g/mol. The number of nitrogens with zero attached hydrogens (tertiary/aromatic N) is 5. The van der Waals surface area contributed by atoms with Crippen molar-refractivity contribution in [1.29, 1.82) is 21.0 Å². The third-order valence-electron chi connectivity index (χ3n) is 6.94. The van der Waals surface area contributed by atoms with E-state index >= 15 is 0 Å². The lowest BCUT2D eigenvalue weighted by Crippen LogP contribution is -1.93. The van der Waals surface area contributed by atoms with Crippen molar-refractivity contribution in [2.75, 3.05) is 0 Å². The molecule has 6 aromatic rings. The molecule has 0 atom stereocenters. The van der Waals surface area contributed by atoms with E-state index in [9.17, 15) is 21.0 Å². The van der Waals surface area contributed by atoms with Crippen molar-refractivity contribution in [3.05, 3.63) is 125 Å². The van der Waals surface area contributed by atoms with E-state index in [-0.39, 0.29) is 0 Å². The van der Waals surface area contributed by atoms with Crippen LogP contribution in [0.2, 0.25) is 0 Å². The second-order valence-corrected chi connectivity index (χ2v) is 9.10. The fourth-order valence-electron chi connectivity index (χ4n) is 5.13. The standard InChI is InChI=1S/C34H17N5/c35-18-22-6-10-29(26(14-22)20-37)24-8-12-33-31(16-24)32-17-25(30-11-7-23(19-36)15-27(30)21-38)9-13-34(32)39(33)28-4-2-1-3-5-28/h1-17H. The van der Waals surface area contributed by atoms with Gasteiger partial charge in [-0.3, -0.25) is 0 Å². The molecule has 0 bridgehead atoms. The first-order valence-corrected chi connectivity index (χ1v) is 12.2. The van der Waals surface area contributed by atoms with Crippen molar-refractivity contribution < 1.29 is 0 Å². The second kappa shape index (κ2) is 9.38. The first-order valence-electron chi connectivity index (χ1n) is 12.2. The van der Waals surface area contributed by atoms with Gasteiger partial charge in [-0.25, -0.2) is 0 Å². The maximum atomic E-state index is 9.78. The minimum atomic E-state index is 0.442. The molecule has 0 aliphatic heterocycles. The summed E-state index contributed by atoms with van der Waals surface area (Å²) in [7, 11) is 0. The van der Waals surface area contributed by atoms with Crippen LogP contribution in [-0.4, -0.2) is 4.57 Å². The van der Waals surface area contributed by atoms with Crippen LogP contribution in [0.1, 0.15) is 22.3 Å². The van der Waals surface area contributed by atoms with Crippen LogP contribution in [0.25, 0.3) is 49.7 Å².